The molecule has 3 unspecified atom stereocenters. The van der Waals surface area contributed by atoms with Gasteiger partial charge in [-0.3, -0.25) is 10.1 Å². The normalized spacial score (nSPS) is 28.1. The topological polar surface area (TPSA) is 41.6 Å². The molecule has 1 aromatic heterocycles. The number of carbonyl (C=O) groups is 1. The fourth-order valence-electron chi connectivity index (χ4n) is 2.63. The van der Waals surface area contributed by atoms with Crippen LogP contribution >= 0.6 is 11.3 Å². The summed E-state index contributed by atoms with van der Waals surface area (Å²) in [6.45, 7) is 6.82. The third-order valence-corrected chi connectivity index (χ3v) is 5.10. The van der Waals surface area contributed by atoms with Crippen molar-refractivity contribution in [3.63, 3.8) is 0 Å². The van der Waals surface area contributed by atoms with Crippen LogP contribution < -0.4 is 5.32 Å². The average Bonchev–Trinajstić information content (AvgIpc) is 3.05. The van der Waals surface area contributed by atoms with E-state index >= 15 is 0 Å². The first kappa shape index (κ1) is 15.5. The van der Waals surface area contributed by atoms with Gasteiger partial charge in [0, 0.05) is 24.6 Å². The number of carbonyl (C=O) groups excluding carboxylic acids is 1. The maximum atomic E-state index is 12.8. The van der Waals surface area contributed by atoms with Gasteiger partial charge in [0.25, 0.3) is 0 Å². The number of amides is 1. The molecule has 1 aliphatic heterocycles. The van der Waals surface area contributed by atoms with Crippen molar-refractivity contribution in [1.29, 1.82) is 0 Å². The first-order valence-corrected chi connectivity index (χ1v) is 8.04. The molecule has 1 amide bonds. The van der Waals surface area contributed by atoms with Crippen molar-refractivity contribution in [3.8, 4) is 0 Å². The van der Waals surface area contributed by atoms with Crippen LogP contribution in [0.5, 0.6) is 0 Å². The third-order valence-electron chi connectivity index (χ3n) is 4.17. The van der Waals surface area contributed by atoms with Gasteiger partial charge in [0.1, 0.15) is 6.17 Å². The molecule has 1 saturated heterocycles. The number of methoxy groups -OCH3 is 1. The van der Waals surface area contributed by atoms with Gasteiger partial charge >= 0.3 is 0 Å². The molecule has 20 heavy (non-hydrogen) atoms. The van der Waals surface area contributed by atoms with E-state index in [0.717, 1.165) is 12.8 Å². The summed E-state index contributed by atoms with van der Waals surface area (Å²) < 4.78 is 5.16. The summed E-state index contributed by atoms with van der Waals surface area (Å²) in [6.07, 6.45) is 1.63. The van der Waals surface area contributed by atoms with E-state index in [1.165, 1.54) is 4.88 Å². The van der Waals surface area contributed by atoms with Crippen LogP contribution in [0.15, 0.2) is 17.5 Å². The van der Waals surface area contributed by atoms with E-state index in [9.17, 15) is 4.79 Å². The summed E-state index contributed by atoms with van der Waals surface area (Å²) in [5.74, 6) is 0.196. The van der Waals surface area contributed by atoms with Crippen molar-refractivity contribution < 1.29 is 9.53 Å². The fraction of sp³-hybridized carbons (Fsp3) is 0.667. The SMILES string of the molecule is CCC1(C)NC(c2cccs2)N(C(C)CCOC)C1=O. The smallest absolute Gasteiger partial charge is 0.244 e. The van der Waals surface area contributed by atoms with Crippen LogP contribution in [-0.4, -0.2) is 36.1 Å². The minimum Gasteiger partial charge on any atom is -0.385 e. The number of hydrogen-bond acceptors (Lipinski definition) is 4. The van der Waals surface area contributed by atoms with Crippen molar-refractivity contribution in [2.45, 2.75) is 51.4 Å². The van der Waals surface area contributed by atoms with Crippen molar-refractivity contribution in [1.82, 2.24) is 10.2 Å². The number of rotatable bonds is 6. The van der Waals surface area contributed by atoms with Crippen LogP contribution in [0.1, 0.15) is 44.7 Å². The van der Waals surface area contributed by atoms with E-state index in [2.05, 4.69) is 30.6 Å². The van der Waals surface area contributed by atoms with Crippen molar-refractivity contribution >= 4 is 17.2 Å². The Morgan fingerprint density at radius 2 is 2.35 bits per heavy atom. The zero-order chi connectivity index (χ0) is 14.8. The third kappa shape index (κ3) is 2.75. The Kier molecular flexibility index (Phi) is 4.83. The summed E-state index contributed by atoms with van der Waals surface area (Å²) in [6, 6.07) is 4.29. The Labute approximate surface area is 125 Å². The molecule has 2 rings (SSSR count). The molecule has 2 heterocycles. The lowest BCUT2D eigenvalue weighted by atomic mass is 9.99. The van der Waals surface area contributed by atoms with Gasteiger partial charge in [-0.05, 0) is 38.1 Å². The predicted molar refractivity (Wildman–Crippen MR) is 81.7 cm³/mol. The Morgan fingerprint density at radius 3 is 2.90 bits per heavy atom. The van der Waals surface area contributed by atoms with E-state index < -0.39 is 5.54 Å². The highest BCUT2D eigenvalue weighted by molar-refractivity contribution is 7.10. The van der Waals surface area contributed by atoms with Gasteiger partial charge in [-0.2, -0.15) is 0 Å². The number of thiophene rings is 1. The molecule has 0 spiro atoms. The van der Waals surface area contributed by atoms with Crippen LogP contribution in [-0.2, 0) is 9.53 Å². The van der Waals surface area contributed by atoms with Crippen LogP contribution in [0.2, 0.25) is 0 Å². The van der Waals surface area contributed by atoms with Crippen LogP contribution in [0.3, 0.4) is 0 Å². The van der Waals surface area contributed by atoms with Gasteiger partial charge in [-0.25, -0.2) is 0 Å². The van der Waals surface area contributed by atoms with Crippen molar-refractivity contribution in [2.75, 3.05) is 13.7 Å². The van der Waals surface area contributed by atoms with Gasteiger partial charge < -0.3 is 9.64 Å². The standard InChI is InChI=1S/C15H24N2O2S/c1-5-15(3)14(18)17(11(2)8-9-19-4)13(16-15)12-7-6-10-20-12/h6-7,10-11,13,16H,5,8-9H2,1-4H3. The first-order chi connectivity index (χ1) is 9.53. The molecule has 1 fully saturated rings. The highest BCUT2D eigenvalue weighted by Crippen LogP contribution is 2.36. The first-order valence-electron chi connectivity index (χ1n) is 7.16. The Bertz CT molecular complexity index is 449. The summed E-state index contributed by atoms with van der Waals surface area (Å²) in [4.78, 5) is 16.0. The molecular weight excluding hydrogens is 272 g/mol. The average molecular weight is 296 g/mol. The zero-order valence-electron chi connectivity index (χ0n) is 12.7. The largest absolute Gasteiger partial charge is 0.385 e. The number of nitrogens with zero attached hydrogens (tertiary/aromatic N) is 1. The fourth-order valence-corrected chi connectivity index (χ4v) is 3.40. The molecule has 5 heteroatoms. The molecule has 0 bridgehead atoms. The number of hydrogen-bond donors (Lipinski definition) is 1. The van der Waals surface area contributed by atoms with Gasteiger partial charge in [0.2, 0.25) is 5.91 Å². The molecule has 0 aliphatic carbocycles. The molecule has 0 aromatic carbocycles. The maximum Gasteiger partial charge on any atom is 0.244 e. The molecule has 1 N–H and O–H groups in total. The number of nitrogens with one attached hydrogen (secondary N) is 1. The van der Waals surface area contributed by atoms with Gasteiger partial charge in [-0.15, -0.1) is 11.3 Å². The molecular formula is C15H24N2O2S. The second kappa shape index (κ2) is 6.24. The Hall–Kier alpha value is -0.910. The zero-order valence-corrected chi connectivity index (χ0v) is 13.5. The van der Waals surface area contributed by atoms with Gasteiger partial charge in [0.15, 0.2) is 0 Å². The van der Waals surface area contributed by atoms with E-state index in [0.29, 0.717) is 6.61 Å². The lowest BCUT2D eigenvalue weighted by Gasteiger charge is -2.30. The minimum atomic E-state index is -0.462. The van der Waals surface area contributed by atoms with Crippen molar-refractivity contribution in [2.24, 2.45) is 0 Å². The second-order valence-corrected chi connectivity index (χ2v) is 6.57. The maximum absolute atomic E-state index is 12.8. The summed E-state index contributed by atoms with van der Waals surface area (Å²) in [7, 11) is 1.70. The van der Waals surface area contributed by atoms with E-state index in [1.807, 2.05) is 17.9 Å². The van der Waals surface area contributed by atoms with Gasteiger partial charge in [0.05, 0.1) is 5.54 Å². The molecule has 0 saturated carbocycles. The van der Waals surface area contributed by atoms with Gasteiger partial charge in [-0.1, -0.05) is 13.0 Å². The lowest BCUT2D eigenvalue weighted by molar-refractivity contribution is -0.135. The second-order valence-electron chi connectivity index (χ2n) is 5.59. The summed E-state index contributed by atoms with van der Waals surface area (Å²) >= 11 is 1.69. The molecule has 112 valence electrons. The molecule has 3 atom stereocenters. The summed E-state index contributed by atoms with van der Waals surface area (Å²) in [5.41, 5.74) is -0.462. The van der Waals surface area contributed by atoms with Crippen LogP contribution in [0.25, 0.3) is 0 Å². The van der Waals surface area contributed by atoms with E-state index in [4.69, 9.17) is 4.74 Å². The van der Waals surface area contributed by atoms with Crippen molar-refractivity contribution in [3.05, 3.63) is 22.4 Å². The minimum absolute atomic E-state index is 0.0145. The Balaban J connectivity index is 2.26. The Morgan fingerprint density at radius 1 is 1.60 bits per heavy atom. The summed E-state index contributed by atoms with van der Waals surface area (Å²) in [5, 5.41) is 5.58. The van der Waals surface area contributed by atoms with Crippen LogP contribution in [0.4, 0.5) is 0 Å². The highest BCUT2D eigenvalue weighted by Gasteiger charge is 2.48. The molecule has 4 nitrogen and oxygen atoms in total. The van der Waals surface area contributed by atoms with E-state index in [-0.39, 0.29) is 18.1 Å². The number of ether oxygens (including phenoxy) is 1. The molecule has 1 aromatic rings. The molecule has 0 radical (unpaired) electrons. The van der Waals surface area contributed by atoms with E-state index in [1.54, 1.807) is 18.4 Å². The highest BCUT2D eigenvalue weighted by atomic mass is 32.1. The molecule has 1 aliphatic rings. The lowest BCUT2D eigenvalue weighted by Crippen LogP contribution is -2.44. The monoisotopic (exact) mass is 296 g/mol. The van der Waals surface area contributed by atoms with Crippen LogP contribution in [0, 0.1) is 0 Å². The quantitative estimate of drug-likeness (QED) is 0.877. The predicted octanol–water partition coefficient (Wildman–Crippen LogP) is 2.77.